The van der Waals surface area contributed by atoms with Crippen molar-refractivity contribution >= 4 is 21.6 Å². The first-order chi connectivity index (χ1) is 8.88. The van der Waals surface area contributed by atoms with Gasteiger partial charge in [-0.2, -0.15) is 13.2 Å². The van der Waals surface area contributed by atoms with Crippen LogP contribution < -0.4 is 5.32 Å². The minimum Gasteiger partial charge on any atom is -0.379 e. The van der Waals surface area contributed by atoms with E-state index in [1.165, 1.54) is 16.9 Å². The highest BCUT2D eigenvalue weighted by atomic mass is 79.9. The Bertz CT molecular complexity index is 580. The van der Waals surface area contributed by atoms with E-state index in [0.29, 0.717) is 10.2 Å². The molecule has 0 atom stereocenters. The van der Waals surface area contributed by atoms with E-state index in [2.05, 4.69) is 31.6 Å². The number of rotatable bonds is 3. The lowest BCUT2D eigenvalue weighted by molar-refractivity contribution is -0.137. The number of aromatic nitrogens is 3. The quantitative estimate of drug-likeness (QED) is 0.937. The van der Waals surface area contributed by atoms with Crippen LogP contribution in [-0.2, 0) is 19.8 Å². The minimum absolute atomic E-state index is 0.0249. The van der Waals surface area contributed by atoms with Crippen molar-refractivity contribution in [3.05, 3.63) is 40.1 Å². The monoisotopic (exact) mass is 334 g/mol. The summed E-state index contributed by atoms with van der Waals surface area (Å²) < 4.78 is 40.5. The number of hydrogen-bond acceptors (Lipinski definition) is 3. The SMILES string of the molecule is Cn1nncc1CNc1ccc(Br)cc1C(F)(F)F. The van der Waals surface area contributed by atoms with Crippen LogP contribution in [0.15, 0.2) is 28.9 Å². The lowest BCUT2D eigenvalue weighted by Gasteiger charge is -2.14. The zero-order chi connectivity index (χ0) is 14.0. The van der Waals surface area contributed by atoms with Gasteiger partial charge >= 0.3 is 6.18 Å². The Morgan fingerprint density at radius 2 is 2.11 bits per heavy atom. The van der Waals surface area contributed by atoms with Gasteiger partial charge in [-0.05, 0) is 18.2 Å². The largest absolute Gasteiger partial charge is 0.418 e. The number of nitrogens with one attached hydrogen (secondary N) is 1. The van der Waals surface area contributed by atoms with Gasteiger partial charge in [-0.3, -0.25) is 4.68 Å². The topological polar surface area (TPSA) is 42.7 Å². The van der Waals surface area contributed by atoms with Crippen LogP contribution in [0.5, 0.6) is 0 Å². The highest BCUT2D eigenvalue weighted by Gasteiger charge is 2.33. The Morgan fingerprint density at radius 3 is 2.68 bits per heavy atom. The summed E-state index contributed by atoms with van der Waals surface area (Å²) in [5, 5.41) is 10.1. The van der Waals surface area contributed by atoms with Gasteiger partial charge in [0, 0.05) is 17.2 Å². The van der Waals surface area contributed by atoms with Crippen LogP contribution in [0.4, 0.5) is 18.9 Å². The Labute approximate surface area is 115 Å². The van der Waals surface area contributed by atoms with Crippen LogP contribution in [-0.4, -0.2) is 15.0 Å². The van der Waals surface area contributed by atoms with E-state index in [1.807, 2.05) is 0 Å². The fourth-order valence-corrected chi connectivity index (χ4v) is 1.92. The molecule has 1 aromatic carbocycles. The summed E-state index contributed by atoms with van der Waals surface area (Å²) in [6.45, 7) is 0.216. The van der Waals surface area contributed by atoms with Gasteiger partial charge in [-0.25, -0.2) is 0 Å². The summed E-state index contributed by atoms with van der Waals surface area (Å²) in [6, 6.07) is 3.99. The average molecular weight is 335 g/mol. The molecule has 0 unspecified atom stereocenters. The predicted molar refractivity (Wildman–Crippen MR) is 67.5 cm³/mol. The number of aryl methyl sites for hydroxylation is 1. The van der Waals surface area contributed by atoms with Crippen LogP contribution in [0.2, 0.25) is 0 Å². The first-order valence-electron chi connectivity index (χ1n) is 5.32. The van der Waals surface area contributed by atoms with E-state index in [-0.39, 0.29) is 12.2 Å². The Balaban J connectivity index is 2.23. The standard InChI is InChI=1S/C11H10BrF3N4/c1-19-8(6-17-18-19)5-16-10-3-2-7(12)4-9(10)11(13,14)15/h2-4,6,16H,5H2,1H3. The molecule has 19 heavy (non-hydrogen) atoms. The van der Waals surface area contributed by atoms with E-state index in [1.54, 1.807) is 13.1 Å². The van der Waals surface area contributed by atoms with Crippen molar-refractivity contribution in [3.8, 4) is 0 Å². The summed E-state index contributed by atoms with van der Waals surface area (Å²) in [4.78, 5) is 0. The van der Waals surface area contributed by atoms with E-state index < -0.39 is 11.7 Å². The van der Waals surface area contributed by atoms with Gasteiger partial charge in [0.2, 0.25) is 0 Å². The minimum atomic E-state index is -4.41. The van der Waals surface area contributed by atoms with Gasteiger partial charge < -0.3 is 5.32 Å². The molecule has 0 fully saturated rings. The van der Waals surface area contributed by atoms with Gasteiger partial charge in [0.05, 0.1) is 24.0 Å². The van der Waals surface area contributed by atoms with Crippen LogP contribution in [0.25, 0.3) is 0 Å². The zero-order valence-electron chi connectivity index (χ0n) is 9.87. The van der Waals surface area contributed by atoms with Gasteiger partial charge in [-0.1, -0.05) is 21.1 Å². The molecule has 0 amide bonds. The Hall–Kier alpha value is -1.57. The van der Waals surface area contributed by atoms with E-state index in [0.717, 1.165) is 6.07 Å². The molecule has 0 aliphatic rings. The highest BCUT2D eigenvalue weighted by molar-refractivity contribution is 9.10. The van der Waals surface area contributed by atoms with E-state index in [9.17, 15) is 13.2 Å². The molecule has 0 spiro atoms. The number of nitrogens with zero attached hydrogens (tertiary/aromatic N) is 3. The van der Waals surface area contributed by atoms with Crippen molar-refractivity contribution in [1.29, 1.82) is 0 Å². The number of hydrogen-bond donors (Lipinski definition) is 1. The third-order valence-electron chi connectivity index (χ3n) is 2.56. The first-order valence-corrected chi connectivity index (χ1v) is 6.11. The molecule has 0 bridgehead atoms. The van der Waals surface area contributed by atoms with Crippen molar-refractivity contribution < 1.29 is 13.2 Å². The maximum atomic E-state index is 12.9. The second-order valence-corrected chi connectivity index (χ2v) is 4.81. The van der Waals surface area contributed by atoms with E-state index in [4.69, 9.17) is 0 Å². The lowest BCUT2D eigenvalue weighted by atomic mass is 10.1. The fourth-order valence-electron chi connectivity index (χ4n) is 1.56. The maximum Gasteiger partial charge on any atom is 0.418 e. The summed E-state index contributed by atoms with van der Waals surface area (Å²) in [7, 11) is 1.68. The zero-order valence-corrected chi connectivity index (χ0v) is 11.5. The fraction of sp³-hybridized carbons (Fsp3) is 0.273. The summed E-state index contributed by atoms with van der Waals surface area (Å²) in [5.41, 5.74) is 0.00458. The number of alkyl halides is 3. The first kappa shape index (κ1) is 13.9. The van der Waals surface area contributed by atoms with Gasteiger partial charge in [0.25, 0.3) is 0 Å². The van der Waals surface area contributed by atoms with Crippen LogP contribution in [0, 0.1) is 0 Å². The molecule has 102 valence electrons. The summed E-state index contributed by atoms with van der Waals surface area (Å²) >= 11 is 3.04. The van der Waals surface area contributed by atoms with E-state index >= 15 is 0 Å². The molecule has 1 heterocycles. The van der Waals surface area contributed by atoms with Crippen molar-refractivity contribution in [1.82, 2.24) is 15.0 Å². The second-order valence-electron chi connectivity index (χ2n) is 3.89. The molecule has 1 aromatic heterocycles. The molecule has 2 rings (SSSR count). The molecule has 4 nitrogen and oxygen atoms in total. The molecule has 0 radical (unpaired) electrons. The number of benzene rings is 1. The molecule has 0 saturated carbocycles. The Morgan fingerprint density at radius 1 is 1.37 bits per heavy atom. The average Bonchev–Trinajstić information content (AvgIpc) is 2.72. The van der Waals surface area contributed by atoms with Crippen molar-refractivity contribution in [2.45, 2.75) is 12.7 Å². The molecule has 2 aromatic rings. The third-order valence-corrected chi connectivity index (χ3v) is 3.05. The molecule has 0 aliphatic carbocycles. The maximum absolute atomic E-state index is 12.9. The van der Waals surface area contributed by atoms with Crippen LogP contribution in [0.1, 0.15) is 11.3 Å². The Kier molecular flexibility index (Phi) is 3.79. The van der Waals surface area contributed by atoms with Gasteiger partial charge in [0.15, 0.2) is 0 Å². The molecule has 0 saturated heterocycles. The molecular weight excluding hydrogens is 325 g/mol. The van der Waals surface area contributed by atoms with Gasteiger partial charge in [-0.15, -0.1) is 5.10 Å². The summed E-state index contributed by atoms with van der Waals surface area (Å²) in [5.74, 6) is 0. The third kappa shape index (κ3) is 3.25. The normalized spacial score (nSPS) is 11.6. The lowest BCUT2D eigenvalue weighted by Crippen LogP contribution is -2.12. The van der Waals surface area contributed by atoms with Crippen molar-refractivity contribution in [2.75, 3.05) is 5.32 Å². The molecule has 1 N–H and O–H groups in total. The van der Waals surface area contributed by atoms with Crippen molar-refractivity contribution in [2.24, 2.45) is 7.05 Å². The van der Waals surface area contributed by atoms with Crippen molar-refractivity contribution in [3.63, 3.8) is 0 Å². The van der Waals surface area contributed by atoms with Crippen LogP contribution >= 0.6 is 15.9 Å². The molecule has 0 aliphatic heterocycles. The molecular formula is C11H10BrF3N4. The number of anilines is 1. The summed E-state index contributed by atoms with van der Waals surface area (Å²) in [6.07, 6.45) is -2.91. The second kappa shape index (κ2) is 5.20. The van der Waals surface area contributed by atoms with Crippen LogP contribution in [0.3, 0.4) is 0 Å². The predicted octanol–water partition coefficient (Wildman–Crippen LogP) is 3.21. The smallest absolute Gasteiger partial charge is 0.379 e. The molecule has 8 heteroatoms. The number of halogens is 4. The highest BCUT2D eigenvalue weighted by Crippen LogP contribution is 2.36. The van der Waals surface area contributed by atoms with Gasteiger partial charge in [0.1, 0.15) is 0 Å².